The number of amides is 1. The summed E-state index contributed by atoms with van der Waals surface area (Å²) < 4.78 is 5.36. The second-order valence-corrected chi connectivity index (χ2v) is 9.40. The summed E-state index contributed by atoms with van der Waals surface area (Å²) in [4.78, 5) is 21.3. The molecule has 5 heteroatoms. The summed E-state index contributed by atoms with van der Waals surface area (Å²) in [7, 11) is 1.68. The summed E-state index contributed by atoms with van der Waals surface area (Å²) >= 11 is 0. The predicted molar refractivity (Wildman–Crippen MR) is 132 cm³/mol. The summed E-state index contributed by atoms with van der Waals surface area (Å²) in [5.41, 5.74) is 3.67. The average Bonchev–Trinajstić information content (AvgIpc) is 3.24. The normalized spacial score (nSPS) is 20.3. The van der Waals surface area contributed by atoms with Crippen LogP contribution in [0.4, 0.5) is 0 Å². The van der Waals surface area contributed by atoms with E-state index in [0.29, 0.717) is 24.9 Å². The van der Waals surface area contributed by atoms with Gasteiger partial charge in [0.15, 0.2) is 0 Å². The first-order valence-electron chi connectivity index (χ1n) is 12.0. The van der Waals surface area contributed by atoms with Gasteiger partial charge >= 0.3 is 0 Å². The zero-order valence-electron chi connectivity index (χ0n) is 19.4. The molecule has 1 fully saturated rings. The number of ether oxygens (including phenoxy) is 1. The molecule has 2 aliphatic heterocycles. The lowest BCUT2D eigenvalue weighted by atomic mass is 9.81. The van der Waals surface area contributed by atoms with Gasteiger partial charge in [-0.3, -0.25) is 9.69 Å². The molecule has 0 saturated carbocycles. The summed E-state index contributed by atoms with van der Waals surface area (Å²) in [6.07, 6.45) is 9.41. The van der Waals surface area contributed by atoms with E-state index in [1.807, 2.05) is 29.3 Å². The molecule has 0 spiro atoms. The third kappa shape index (κ3) is 4.98. The van der Waals surface area contributed by atoms with Gasteiger partial charge in [-0.05, 0) is 85.1 Å². The second-order valence-electron chi connectivity index (χ2n) is 9.40. The maximum Gasteiger partial charge on any atom is 0.226 e. The Morgan fingerprint density at radius 3 is 2.70 bits per heavy atom. The van der Waals surface area contributed by atoms with Gasteiger partial charge in [-0.15, -0.1) is 0 Å². The minimum Gasteiger partial charge on any atom is -0.497 e. The van der Waals surface area contributed by atoms with E-state index in [1.54, 1.807) is 7.11 Å². The lowest BCUT2D eigenvalue weighted by Gasteiger charge is -2.36. The minimum atomic E-state index is 0.0905. The summed E-state index contributed by atoms with van der Waals surface area (Å²) in [5.74, 6) is 1.69. The number of aromatic amines is 1. The smallest absolute Gasteiger partial charge is 0.226 e. The van der Waals surface area contributed by atoms with Crippen LogP contribution in [0.2, 0.25) is 0 Å². The molecule has 2 aromatic carbocycles. The first-order valence-corrected chi connectivity index (χ1v) is 12.0. The molecule has 5 nitrogen and oxygen atoms in total. The molecule has 33 heavy (non-hydrogen) atoms. The molecule has 1 atom stereocenters. The number of hydrogen-bond donors (Lipinski definition) is 1. The van der Waals surface area contributed by atoms with E-state index in [4.69, 9.17) is 4.74 Å². The topological polar surface area (TPSA) is 48.6 Å². The Morgan fingerprint density at radius 1 is 1.00 bits per heavy atom. The molecule has 3 aromatic rings. The van der Waals surface area contributed by atoms with Crippen LogP contribution in [0.25, 0.3) is 10.9 Å². The number of carbonyl (C=O) groups excluding carboxylic acids is 1. The van der Waals surface area contributed by atoms with Crippen LogP contribution in [-0.4, -0.2) is 47.4 Å². The van der Waals surface area contributed by atoms with Crippen molar-refractivity contribution in [3.05, 3.63) is 78.0 Å². The van der Waals surface area contributed by atoms with Crippen molar-refractivity contribution < 1.29 is 9.53 Å². The number of nitrogens with zero attached hydrogens (tertiary/aromatic N) is 2. The number of piperidine rings is 1. The van der Waals surface area contributed by atoms with E-state index in [1.165, 1.54) is 16.5 Å². The highest BCUT2D eigenvalue weighted by molar-refractivity contribution is 5.80. The fourth-order valence-corrected chi connectivity index (χ4v) is 5.37. The molecule has 1 amide bonds. The first kappa shape index (κ1) is 21.8. The van der Waals surface area contributed by atoms with Gasteiger partial charge in [0.2, 0.25) is 5.91 Å². The van der Waals surface area contributed by atoms with Crippen LogP contribution in [0.5, 0.6) is 5.75 Å². The maximum atomic E-state index is 13.5. The van der Waals surface area contributed by atoms with Crippen molar-refractivity contribution in [1.29, 1.82) is 0 Å². The van der Waals surface area contributed by atoms with Gasteiger partial charge in [0.05, 0.1) is 7.11 Å². The van der Waals surface area contributed by atoms with Gasteiger partial charge in [-0.2, -0.15) is 0 Å². The largest absolute Gasteiger partial charge is 0.497 e. The molecular formula is C28H33N3O2. The number of likely N-dealkylation sites (tertiary alicyclic amines) is 1. The Morgan fingerprint density at radius 2 is 1.85 bits per heavy atom. The van der Waals surface area contributed by atoms with Gasteiger partial charge in [-0.1, -0.05) is 30.4 Å². The molecular weight excluding hydrogens is 410 g/mol. The summed E-state index contributed by atoms with van der Waals surface area (Å²) in [6.45, 7) is 4.41. The third-order valence-electron chi connectivity index (χ3n) is 7.24. The maximum absolute atomic E-state index is 13.5. The fraction of sp³-hybridized carbons (Fsp3) is 0.393. The Balaban J connectivity index is 1.20. The average molecular weight is 444 g/mol. The number of aromatic nitrogens is 1. The van der Waals surface area contributed by atoms with Gasteiger partial charge in [-0.25, -0.2) is 0 Å². The number of rotatable bonds is 6. The lowest BCUT2D eigenvalue weighted by Crippen LogP contribution is -2.42. The van der Waals surface area contributed by atoms with E-state index in [2.05, 4.69) is 52.4 Å². The van der Waals surface area contributed by atoms with Crippen LogP contribution in [-0.2, 0) is 17.9 Å². The van der Waals surface area contributed by atoms with Crippen LogP contribution in [0.1, 0.15) is 30.4 Å². The SMILES string of the molecule is COc1cccc(CN2CC=CC[C@H](C3CCN(Cc4ccc5[nH]ccc5c4)CC3)C2=O)c1. The lowest BCUT2D eigenvalue weighted by molar-refractivity contribution is -0.137. The molecule has 0 radical (unpaired) electrons. The highest BCUT2D eigenvalue weighted by Gasteiger charge is 2.34. The molecule has 3 heterocycles. The Labute approximate surface area is 196 Å². The molecule has 0 unspecified atom stereocenters. The van der Waals surface area contributed by atoms with Gasteiger partial charge in [0, 0.05) is 37.3 Å². The van der Waals surface area contributed by atoms with Crippen LogP contribution in [0.3, 0.4) is 0 Å². The standard InChI is InChI=1S/C28H33N3O2/c1-33-25-6-4-5-21(18-25)20-31-14-3-2-7-26(28(31)32)23-11-15-30(16-12-23)19-22-8-9-27-24(17-22)10-13-29-27/h2-6,8-10,13,17-18,23,26,29H,7,11-12,14-16,19-20H2,1H3/t26-/m1/s1. The number of fused-ring (bicyclic) bond motifs is 1. The molecule has 5 rings (SSSR count). The van der Waals surface area contributed by atoms with Gasteiger partial charge in [0.25, 0.3) is 0 Å². The number of allylic oxidation sites excluding steroid dienone is 1. The zero-order valence-corrected chi connectivity index (χ0v) is 19.4. The number of benzene rings is 2. The molecule has 2 aliphatic rings. The highest BCUT2D eigenvalue weighted by atomic mass is 16.5. The van der Waals surface area contributed by atoms with Gasteiger partial charge in [0.1, 0.15) is 5.75 Å². The Bertz CT molecular complexity index is 1130. The third-order valence-corrected chi connectivity index (χ3v) is 7.24. The van der Waals surface area contributed by atoms with Crippen molar-refractivity contribution in [3.63, 3.8) is 0 Å². The van der Waals surface area contributed by atoms with Crippen molar-refractivity contribution in [2.24, 2.45) is 11.8 Å². The number of carbonyl (C=O) groups is 1. The highest BCUT2D eigenvalue weighted by Crippen LogP contribution is 2.32. The van der Waals surface area contributed by atoms with Crippen molar-refractivity contribution >= 4 is 16.8 Å². The number of methoxy groups -OCH3 is 1. The molecule has 1 N–H and O–H groups in total. The molecule has 1 saturated heterocycles. The molecule has 0 aliphatic carbocycles. The number of H-pyrrole nitrogens is 1. The predicted octanol–water partition coefficient (Wildman–Crippen LogP) is 4.99. The Hall–Kier alpha value is -3.05. The second kappa shape index (κ2) is 9.84. The van der Waals surface area contributed by atoms with Crippen LogP contribution in [0, 0.1) is 11.8 Å². The quantitative estimate of drug-likeness (QED) is 0.546. The fourth-order valence-electron chi connectivity index (χ4n) is 5.37. The van der Waals surface area contributed by atoms with Crippen molar-refractivity contribution in [3.8, 4) is 5.75 Å². The zero-order chi connectivity index (χ0) is 22.6. The monoisotopic (exact) mass is 443 g/mol. The number of hydrogen-bond acceptors (Lipinski definition) is 3. The molecule has 1 aromatic heterocycles. The van der Waals surface area contributed by atoms with E-state index in [0.717, 1.165) is 50.2 Å². The van der Waals surface area contributed by atoms with Gasteiger partial charge < -0.3 is 14.6 Å². The van der Waals surface area contributed by atoms with E-state index < -0.39 is 0 Å². The molecule has 0 bridgehead atoms. The van der Waals surface area contributed by atoms with E-state index in [9.17, 15) is 4.79 Å². The summed E-state index contributed by atoms with van der Waals surface area (Å²) in [5, 5.41) is 1.27. The van der Waals surface area contributed by atoms with Crippen LogP contribution >= 0.6 is 0 Å². The van der Waals surface area contributed by atoms with Crippen molar-refractivity contribution in [1.82, 2.24) is 14.8 Å². The summed E-state index contributed by atoms with van der Waals surface area (Å²) in [6, 6.07) is 16.9. The number of nitrogens with one attached hydrogen (secondary N) is 1. The van der Waals surface area contributed by atoms with E-state index in [-0.39, 0.29) is 5.92 Å². The van der Waals surface area contributed by atoms with Crippen LogP contribution < -0.4 is 4.74 Å². The first-order chi connectivity index (χ1) is 16.2. The minimum absolute atomic E-state index is 0.0905. The Kier molecular flexibility index (Phi) is 6.49. The molecule has 172 valence electrons. The van der Waals surface area contributed by atoms with Crippen LogP contribution in [0.15, 0.2) is 66.9 Å². The van der Waals surface area contributed by atoms with E-state index >= 15 is 0 Å². The van der Waals surface area contributed by atoms with Crippen molar-refractivity contribution in [2.75, 3.05) is 26.7 Å². The van der Waals surface area contributed by atoms with Crippen molar-refractivity contribution in [2.45, 2.75) is 32.4 Å².